The summed E-state index contributed by atoms with van der Waals surface area (Å²) in [6.07, 6.45) is 4.04. The van der Waals surface area contributed by atoms with E-state index in [0.29, 0.717) is 0 Å². The van der Waals surface area contributed by atoms with Crippen molar-refractivity contribution in [1.82, 2.24) is 10.0 Å². The largest absolute Gasteiger partial charge is 0.449 e. The van der Waals surface area contributed by atoms with Crippen LogP contribution in [0.3, 0.4) is 0 Å². The van der Waals surface area contributed by atoms with E-state index in [9.17, 15) is 18.0 Å². The van der Waals surface area contributed by atoms with E-state index in [1.165, 1.54) is 31.2 Å². The zero-order valence-electron chi connectivity index (χ0n) is 14.6. The van der Waals surface area contributed by atoms with Gasteiger partial charge in [0.1, 0.15) is 0 Å². The molecule has 0 fully saturated rings. The van der Waals surface area contributed by atoms with E-state index in [0.717, 1.165) is 0 Å². The molecule has 2 N–H and O–H groups in total. The molecule has 0 spiro atoms. The van der Waals surface area contributed by atoms with Gasteiger partial charge in [-0.3, -0.25) is 4.79 Å². The molecule has 0 saturated carbocycles. The number of rotatable bonds is 6. The van der Waals surface area contributed by atoms with Crippen molar-refractivity contribution < 1.29 is 22.7 Å². The van der Waals surface area contributed by atoms with Gasteiger partial charge in [0.25, 0.3) is 5.91 Å². The lowest BCUT2D eigenvalue weighted by Crippen LogP contribution is -2.46. The summed E-state index contributed by atoms with van der Waals surface area (Å²) in [5, 5.41) is 2.70. The first-order chi connectivity index (χ1) is 11.5. The van der Waals surface area contributed by atoms with Gasteiger partial charge < -0.3 is 10.1 Å². The second-order valence-corrected chi connectivity index (χ2v) is 8.11. The molecule has 0 aliphatic carbocycles. The summed E-state index contributed by atoms with van der Waals surface area (Å²) in [5.41, 5.74) is -0.314. The van der Waals surface area contributed by atoms with Crippen LogP contribution in [0.25, 0.3) is 0 Å². The maximum Gasteiger partial charge on any atom is 0.338 e. The van der Waals surface area contributed by atoms with Crippen LogP contribution in [0.2, 0.25) is 0 Å². The fraction of sp³-hybridized carbons (Fsp3) is 0.412. The van der Waals surface area contributed by atoms with Gasteiger partial charge in [0.05, 0.1) is 17.0 Å². The van der Waals surface area contributed by atoms with Crippen molar-refractivity contribution in [2.75, 3.05) is 6.54 Å². The van der Waals surface area contributed by atoms with Gasteiger partial charge in [-0.05, 0) is 52.0 Å². The number of carbonyl (C=O) groups is 2. The van der Waals surface area contributed by atoms with Gasteiger partial charge >= 0.3 is 5.97 Å². The number of carbonyl (C=O) groups excluding carboxylic acids is 2. The molecule has 0 bridgehead atoms. The summed E-state index contributed by atoms with van der Waals surface area (Å²) in [5.74, 6) is 1.03. The molecule has 1 amide bonds. The minimum atomic E-state index is -3.73. The Kier molecular flexibility index (Phi) is 6.73. The monoisotopic (exact) mass is 366 g/mol. The fourth-order valence-corrected chi connectivity index (χ4v) is 2.68. The minimum absolute atomic E-state index is 0.0298. The Balaban J connectivity index is 2.78. The number of sulfonamides is 1. The lowest BCUT2D eigenvalue weighted by Gasteiger charge is -2.23. The van der Waals surface area contributed by atoms with Gasteiger partial charge in [-0.2, -0.15) is 4.72 Å². The van der Waals surface area contributed by atoms with E-state index in [-0.39, 0.29) is 17.0 Å². The van der Waals surface area contributed by atoms with Crippen molar-refractivity contribution in [3.05, 3.63) is 29.8 Å². The molecule has 0 radical (unpaired) electrons. The van der Waals surface area contributed by atoms with E-state index in [4.69, 9.17) is 11.2 Å². The van der Waals surface area contributed by atoms with Crippen LogP contribution >= 0.6 is 0 Å². The van der Waals surface area contributed by atoms with Gasteiger partial charge in [0.2, 0.25) is 10.0 Å². The van der Waals surface area contributed by atoms with Gasteiger partial charge in [-0.25, -0.2) is 13.2 Å². The fourth-order valence-electron chi connectivity index (χ4n) is 1.74. The molecule has 0 aliphatic rings. The maximum absolute atomic E-state index is 12.1. The Morgan fingerprint density at radius 3 is 2.28 bits per heavy atom. The lowest BCUT2D eigenvalue weighted by atomic mass is 10.1. The number of terminal acetylenes is 1. The molecular formula is C17H22N2O5S. The summed E-state index contributed by atoms with van der Waals surface area (Å²) in [6, 6.07) is 5.13. The standard InChI is InChI=1S/C17H22N2O5S/c1-6-11-18-25(22,23)14-9-7-13(8-10-14)16(21)24-12(2)15(20)19-17(3,4)5/h1,7-10,12,18H,11H2,2-5H3,(H,19,20). The van der Waals surface area contributed by atoms with Crippen LogP contribution in [-0.2, 0) is 19.6 Å². The highest BCUT2D eigenvalue weighted by Crippen LogP contribution is 2.12. The highest BCUT2D eigenvalue weighted by Gasteiger charge is 2.23. The molecule has 0 saturated heterocycles. The summed E-state index contributed by atoms with van der Waals surface area (Å²) in [4.78, 5) is 24.0. The SMILES string of the molecule is C#CCNS(=O)(=O)c1ccc(C(=O)OC(C)C(=O)NC(C)(C)C)cc1. The van der Waals surface area contributed by atoms with Crippen molar-refractivity contribution in [3.8, 4) is 12.3 Å². The second-order valence-electron chi connectivity index (χ2n) is 6.34. The Labute approximate surface area is 148 Å². The number of benzene rings is 1. The van der Waals surface area contributed by atoms with E-state index < -0.39 is 33.5 Å². The molecule has 136 valence electrons. The van der Waals surface area contributed by atoms with Crippen molar-refractivity contribution in [1.29, 1.82) is 0 Å². The van der Waals surface area contributed by atoms with Gasteiger partial charge in [-0.1, -0.05) is 5.92 Å². The van der Waals surface area contributed by atoms with Crippen LogP contribution in [0.15, 0.2) is 29.2 Å². The quantitative estimate of drug-likeness (QED) is 0.579. The summed E-state index contributed by atoms with van der Waals surface area (Å²) in [7, 11) is -3.73. The van der Waals surface area contributed by atoms with Crippen LogP contribution in [-0.4, -0.2) is 38.5 Å². The highest BCUT2D eigenvalue weighted by molar-refractivity contribution is 7.89. The lowest BCUT2D eigenvalue weighted by molar-refractivity contribution is -0.130. The average molecular weight is 366 g/mol. The Hall–Kier alpha value is -2.37. The average Bonchev–Trinajstić information content (AvgIpc) is 2.51. The summed E-state index contributed by atoms with van der Waals surface area (Å²) >= 11 is 0. The van der Waals surface area contributed by atoms with Crippen molar-refractivity contribution >= 4 is 21.9 Å². The molecule has 1 aromatic carbocycles. The third-order valence-electron chi connectivity index (χ3n) is 2.92. The van der Waals surface area contributed by atoms with Crippen LogP contribution in [0.1, 0.15) is 38.1 Å². The molecule has 25 heavy (non-hydrogen) atoms. The predicted molar refractivity (Wildman–Crippen MR) is 93.2 cm³/mol. The van der Waals surface area contributed by atoms with Crippen LogP contribution in [0.5, 0.6) is 0 Å². The highest BCUT2D eigenvalue weighted by atomic mass is 32.2. The van der Waals surface area contributed by atoms with Gasteiger partial charge in [0.15, 0.2) is 6.10 Å². The van der Waals surface area contributed by atoms with E-state index in [1.807, 2.05) is 20.8 Å². The first-order valence-corrected chi connectivity index (χ1v) is 9.01. The zero-order valence-corrected chi connectivity index (χ0v) is 15.4. The molecule has 0 aromatic heterocycles. The Bertz CT molecular complexity index is 771. The van der Waals surface area contributed by atoms with Crippen LogP contribution in [0.4, 0.5) is 0 Å². The number of ether oxygens (including phenoxy) is 1. The van der Waals surface area contributed by atoms with Crippen LogP contribution in [0, 0.1) is 12.3 Å². The summed E-state index contributed by atoms with van der Waals surface area (Å²) < 4.78 is 31.1. The number of nitrogens with one attached hydrogen (secondary N) is 2. The number of esters is 1. The van der Waals surface area contributed by atoms with Crippen molar-refractivity contribution in [3.63, 3.8) is 0 Å². The molecule has 1 atom stereocenters. The second kappa shape index (κ2) is 8.14. The zero-order chi connectivity index (χ0) is 19.3. The van der Waals surface area contributed by atoms with Crippen molar-refractivity contribution in [2.24, 2.45) is 0 Å². The molecular weight excluding hydrogens is 344 g/mol. The Morgan fingerprint density at radius 1 is 1.24 bits per heavy atom. The van der Waals surface area contributed by atoms with Crippen LogP contribution < -0.4 is 10.0 Å². The first-order valence-electron chi connectivity index (χ1n) is 7.52. The molecule has 7 nitrogen and oxygen atoms in total. The number of hydrogen-bond donors (Lipinski definition) is 2. The number of amides is 1. The van der Waals surface area contributed by atoms with Crippen molar-refractivity contribution in [2.45, 2.75) is 44.2 Å². The topological polar surface area (TPSA) is 102 Å². The van der Waals surface area contributed by atoms with Gasteiger partial charge in [0, 0.05) is 5.54 Å². The molecule has 8 heteroatoms. The number of hydrogen-bond acceptors (Lipinski definition) is 5. The normalized spacial score (nSPS) is 12.8. The molecule has 1 aromatic rings. The van der Waals surface area contributed by atoms with E-state index in [2.05, 4.69) is 16.0 Å². The van der Waals surface area contributed by atoms with E-state index >= 15 is 0 Å². The summed E-state index contributed by atoms with van der Waals surface area (Å²) in [6.45, 7) is 6.76. The Morgan fingerprint density at radius 2 is 1.80 bits per heavy atom. The van der Waals surface area contributed by atoms with E-state index in [1.54, 1.807) is 0 Å². The smallest absolute Gasteiger partial charge is 0.338 e. The third kappa shape index (κ3) is 6.57. The predicted octanol–water partition coefficient (Wildman–Crippen LogP) is 1.06. The molecule has 1 unspecified atom stereocenters. The first kappa shape index (κ1) is 20.7. The minimum Gasteiger partial charge on any atom is -0.449 e. The molecule has 1 rings (SSSR count). The third-order valence-corrected chi connectivity index (χ3v) is 4.33. The molecule has 0 heterocycles. The molecule has 0 aliphatic heterocycles. The maximum atomic E-state index is 12.1. The van der Waals surface area contributed by atoms with Gasteiger partial charge in [-0.15, -0.1) is 6.42 Å².